The number of fused-ring (bicyclic) bond motifs is 1. The minimum Gasteiger partial charge on any atom is -0.241 e. The first-order valence-corrected chi connectivity index (χ1v) is 9.04. The molecule has 2 aromatic rings. The standard InChI is InChI=1S/C17H21Br2N/c1-2-3-4-5-6-7-8-13-11-17(19)20-16-10-9-14(18)12-15(13)16/h9-12H,2-8H2,1H3. The van der Waals surface area contributed by atoms with Crippen molar-refractivity contribution >= 4 is 42.8 Å². The molecule has 0 aliphatic carbocycles. The number of benzene rings is 1. The van der Waals surface area contributed by atoms with Crippen LogP contribution in [0.1, 0.15) is 51.0 Å². The van der Waals surface area contributed by atoms with E-state index in [0.717, 1.165) is 21.0 Å². The van der Waals surface area contributed by atoms with E-state index in [4.69, 9.17) is 0 Å². The van der Waals surface area contributed by atoms with E-state index in [9.17, 15) is 0 Å². The summed E-state index contributed by atoms with van der Waals surface area (Å²) >= 11 is 7.08. The largest absolute Gasteiger partial charge is 0.241 e. The molecule has 0 spiro atoms. The second kappa shape index (κ2) is 8.14. The van der Waals surface area contributed by atoms with Crippen molar-refractivity contribution in [3.63, 3.8) is 0 Å². The minimum atomic E-state index is 0.938. The van der Waals surface area contributed by atoms with E-state index in [0.29, 0.717) is 0 Å². The first-order chi connectivity index (χ1) is 9.70. The van der Waals surface area contributed by atoms with Crippen molar-refractivity contribution in [2.75, 3.05) is 0 Å². The fraction of sp³-hybridized carbons (Fsp3) is 0.471. The molecule has 0 amide bonds. The highest BCUT2D eigenvalue weighted by Crippen LogP contribution is 2.26. The molecule has 3 heteroatoms. The van der Waals surface area contributed by atoms with Crippen LogP contribution in [0, 0.1) is 0 Å². The summed E-state index contributed by atoms with van der Waals surface area (Å²) < 4.78 is 2.06. The molecule has 0 atom stereocenters. The minimum absolute atomic E-state index is 0.938. The maximum Gasteiger partial charge on any atom is 0.107 e. The van der Waals surface area contributed by atoms with E-state index in [1.807, 2.05) is 0 Å². The van der Waals surface area contributed by atoms with Crippen molar-refractivity contribution in [1.29, 1.82) is 0 Å². The number of pyridine rings is 1. The second-order valence-corrected chi connectivity index (χ2v) is 7.01. The molecule has 1 aromatic carbocycles. The third-order valence-electron chi connectivity index (χ3n) is 3.62. The van der Waals surface area contributed by atoms with Crippen molar-refractivity contribution in [2.45, 2.75) is 51.9 Å². The first kappa shape index (κ1) is 16.0. The van der Waals surface area contributed by atoms with Gasteiger partial charge in [0.25, 0.3) is 0 Å². The van der Waals surface area contributed by atoms with E-state index in [2.05, 4.69) is 68.0 Å². The van der Waals surface area contributed by atoms with E-state index < -0.39 is 0 Å². The summed E-state index contributed by atoms with van der Waals surface area (Å²) in [6, 6.07) is 8.48. The molecule has 1 aromatic heterocycles. The molecule has 0 bridgehead atoms. The van der Waals surface area contributed by atoms with E-state index in [1.54, 1.807) is 0 Å². The number of hydrogen-bond donors (Lipinski definition) is 0. The lowest BCUT2D eigenvalue weighted by Gasteiger charge is -2.08. The van der Waals surface area contributed by atoms with Gasteiger partial charge in [-0.25, -0.2) is 4.98 Å². The van der Waals surface area contributed by atoms with Gasteiger partial charge in [0.15, 0.2) is 0 Å². The molecule has 0 aliphatic rings. The molecule has 0 fully saturated rings. The average molecular weight is 399 g/mol. The zero-order valence-electron chi connectivity index (χ0n) is 12.0. The monoisotopic (exact) mass is 397 g/mol. The predicted molar refractivity (Wildman–Crippen MR) is 94.2 cm³/mol. The first-order valence-electron chi connectivity index (χ1n) is 7.45. The highest BCUT2D eigenvalue weighted by Gasteiger charge is 2.05. The van der Waals surface area contributed by atoms with Gasteiger partial charge >= 0.3 is 0 Å². The molecule has 0 radical (unpaired) electrons. The molecular weight excluding hydrogens is 378 g/mol. The Morgan fingerprint density at radius 1 is 0.950 bits per heavy atom. The quantitative estimate of drug-likeness (QED) is 0.375. The van der Waals surface area contributed by atoms with Crippen LogP contribution in [0.5, 0.6) is 0 Å². The Kier molecular flexibility index (Phi) is 6.50. The lowest BCUT2D eigenvalue weighted by atomic mass is 10.0. The molecule has 1 heterocycles. The zero-order valence-corrected chi connectivity index (χ0v) is 15.1. The van der Waals surface area contributed by atoms with Crippen LogP contribution >= 0.6 is 31.9 Å². The number of aromatic nitrogens is 1. The van der Waals surface area contributed by atoms with Crippen LogP contribution in [0.15, 0.2) is 33.3 Å². The maximum atomic E-state index is 4.54. The Morgan fingerprint density at radius 3 is 2.50 bits per heavy atom. The lowest BCUT2D eigenvalue weighted by molar-refractivity contribution is 0.608. The van der Waals surface area contributed by atoms with Gasteiger partial charge in [-0.05, 0) is 58.6 Å². The predicted octanol–water partition coefficient (Wildman–Crippen LogP) is 6.66. The molecule has 20 heavy (non-hydrogen) atoms. The molecule has 0 unspecified atom stereocenters. The second-order valence-electron chi connectivity index (χ2n) is 5.28. The molecule has 0 saturated carbocycles. The van der Waals surface area contributed by atoms with Gasteiger partial charge in [0.2, 0.25) is 0 Å². The summed E-state index contributed by atoms with van der Waals surface area (Å²) in [7, 11) is 0. The molecule has 2 rings (SSSR count). The summed E-state index contributed by atoms with van der Waals surface area (Å²) in [5, 5.41) is 1.27. The third kappa shape index (κ3) is 4.56. The summed E-state index contributed by atoms with van der Waals surface area (Å²) in [5.41, 5.74) is 2.47. The summed E-state index contributed by atoms with van der Waals surface area (Å²) in [6.07, 6.45) is 9.16. The molecule has 0 saturated heterocycles. The van der Waals surface area contributed by atoms with E-state index in [-0.39, 0.29) is 0 Å². The van der Waals surface area contributed by atoms with Gasteiger partial charge in [-0.2, -0.15) is 0 Å². The lowest BCUT2D eigenvalue weighted by Crippen LogP contribution is -1.92. The average Bonchev–Trinajstić information content (AvgIpc) is 2.43. The van der Waals surface area contributed by atoms with Crippen LogP contribution in [0.25, 0.3) is 10.9 Å². The van der Waals surface area contributed by atoms with Crippen LogP contribution in [-0.2, 0) is 6.42 Å². The summed E-state index contributed by atoms with van der Waals surface area (Å²) in [4.78, 5) is 4.54. The van der Waals surface area contributed by atoms with Gasteiger partial charge in [-0.3, -0.25) is 0 Å². The van der Waals surface area contributed by atoms with Gasteiger partial charge in [0, 0.05) is 9.86 Å². The Bertz CT molecular complexity index is 566. The Morgan fingerprint density at radius 2 is 1.70 bits per heavy atom. The molecule has 0 aliphatic heterocycles. The van der Waals surface area contributed by atoms with Gasteiger partial charge in [0.05, 0.1) is 5.52 Å². The van der Waals surface area contributed by atoms with Gasteiger partial charge in [-0.15, -0.1) is 0 Å². The van der Waals surface area contributed by atoms with E-state index >= 15 is 0 Å². The number of aryl methyl sites for hydroxylation is 1. The molecular formula is C17H21Br2N. The number of unbranched alkanes of at least 4 members (excludes halogenated alkanes) is 5. The highest BCUT2D eigenvalue weighted by molar-refractivity contribution is 9.10. The SMILES string of the molecule is CCCCCCCCc1cc(Br)nc2ccc(Br)cc12. The van der Waals surface area contributed by atoms with Crippen LogP contribution in [0.3, 0.4) is 0 Å². The molecule has 108 valence electrons. The topological polar surface area (TPSA) is 12.9 Å². The molecule has 0 N–H and O–H groups in total. The zero-order chi connectivity index (χ0) is 14.4. The van der Waals surface area contributed by atoms with Crippen molar-refractivity contribution in [3.05, 3.63) is 38.9 Å². The number of halogens is 2. The van der Waals surface area contributed by atoms with Crippen molar-refractivity contribution in [1.82, 2.24) is 4.98 Å². The van der Waals surface area contributed by atoms with E-state index in [1.165, 1.54) is 49.5 Å². The van der Waals surface area contributed by atoms with Crippen LogP contribution in [0.2, 0.25) is 0 Å². The summed E-state index contributed by atoms with van der Waals surface area (Å²) in [6.45, 7) is 2.26. The van der Waals surface area contributed by atoms with Crippen LogP contribution < -0.4 is 0 Å². The highest BCUT2D eigenvalue weighted by atomic mass is 79.9. The van der Waals surface area contributed by atoms with Crippen molar-refractivity contribution in [3.8, 4) is 0 Å². The van der Waals surface area contributed by atoms with Crippen LogP contribution in [0.4, 0.5) is 0 Å². The summed E-state index contributed by atoms with van der Waals surface area (Å²) in [5.74, 6) is 0. The van der Waals surface area contributed by atoms with Crippen molar-refractivity contribution < 1.29 is 0 Å². The smallest absolute Gasteiger partial charge is 0.107 e. The molecule has 1 nitrogen and oxygen atoms in total. The van der Waals surface area contributed by atoms with Gasteiger partial charge in [0.1, 0.15) is 4.60 Å². The Labute approximate surface area is 138 Å². The third-order valence-corrected chi connectivity index (χ3v) is 4.52. The van der Waals surface area contributed by atoms with Gasteiger partial charge in [-0.1, -0.05) is 55.0 Å². The van der Waals surface area contributed by atoms with Crippen LogP contribution in [-0.4, -0.2) is 4.98 Å². The Hall–Kier alpha value is -0.410. The Balaban J connectivity index is 2.03. The number of nitrogens with zero attached hydrogens (tertiary/aromatic N) is 1. The number of rotatable bonds is 7. The van der Waals surface area contributed by atoms with Crippen molar-refractivity contribution in [2.24, 2.45) is 0 Å². The fourth-order valence-electron chi connectivity index (χ4n) is 2.53. The maximum absolute atomic E-state index is 4.54. The van der Waals surface area contributed by atoms with Gasteiger partial charge < -0.3 is 0 Å². The number of hydrogen-bond acceptors (Lipinski definition) is 1. The normalized spacial score (nSPS) is 11.2. The fourth-order valence-corrected chi connectivity index (χ4v) is 3.36.